The van der Waals surface area contributed by atoms with Crippen LogP contribution >= 0.6 is 0 Å². The number of aromatic nitrogens is 2. The highest BCUT2D eigenvalue weighted by atomic mass is 16.2. The van der Waals surface area contributed by atoms with Gasteiger partial charge in [0.15, 0.2) is 0 Å². The molecule has 1 aliphatic rings. The van der Waals surface area contributed by atoms with E-state index in [1.807, 2.05) is 41.2 Å². The minimum atomic E-state index is -0.122. The van der Waals surface area contributed by atoms with E-state index in [1.165, 1.54) is 12.8 Å². The molecule has 2 aromatic rings. The lowest BCUT2D eigenvalue weighted by molar-refractivity contribution is 0.108. The number of hydrogen-bond donors (Lipinski definition) is 2. The Morgan fingerprint density at radius 1 is 1.18 bits per heavy atom. The normalized spacial score (nSPS) is 16.9. The number of amides is 2. The Labute approximate surface area is 168 Å². The van der Waals surface area contributed by atoms with Crippen LogP contribution in [0.3, 0.4) is 0 Å². The maximum atomic E-state index is 12.3. The first-order valence-electron chi connectivity index (χ1n) is 10.4. The van der Waals surface area contributed by atoms with Crippen LogP contribution in [0, 0.1) is 11.8 Å². The topological polar surface area (TPSA) is 62.2 Å². The zero-order valence-corrected chi connectivity index (χ0v) is 17.3. The molecular weight excluding hydrogens is 350 g/mol. The summed E-state index contributed by atoms with van der Waals surface area (Å²) in [5.74, 6) is 1.33. The maximum Gasteiger partial charge on any atom is 0.315 e. The number of nitrogens with one attached hydrogen (secondary N) is 2. The molecule has 1 aromatic carbocycles. The lowest BCUT2D eigenvalue weighted by atomic mass is 9.94. The number of benzene rings is 1. The van der Waals surface area contributed by atoms with Gasteiger partial charge in [0.05, 0.1) is 11.9 Å². The summed E-state index contributed by atoms with van der Waals surface area (Å²) in [6.07, 6.45) is 6.24. The van der Waals surface area contributed by atoms with Crippen LogP contribution in [-0.4, -0.2) is 46.4 Å². The summed E-state index contributed by atoms with van der Waals surface area (Å²) in [4.78, 5) is 14.8. The first-order valence-corrected chi connectivity index (χ1v) is 10.4. The van der Waals surface area contributed by atoms with E-state index in [9.17, 15) is 4.79 Å². The molecule has 28 heavy (non-hydrogen) atoms. The molecule has 6 nitrogen and oxygen atoms in total. The molecule has 0 spiro atoms. The van der Waals surface area contributed by atoms with Crippen molar-refractivity contribution in [2.45, 2.75) is 46.2 Å². The zero-order valence-electron chi connectivity index (χ0n) is 17.3. The van der Waals surface area contributed by atoms with Gasteiger partial charge in [-0.15, -0.1) is 0 Å². The second kappa shape index (κ2) is 9.73. The van der Waals surface area contributed by atoms with Crippen molar-refractivity contribution in [3.63, 3.8) is 0 Å². The van der Waals surface area contributed by atoms with Crippen molar-refractivity contribution in [3.8, 4) is 5.69 Å². The van der Waals surface area contributed by atoms with Gasteiger partial charge < -0.3 is 10.6 Å². The second-order valence-electron chi connectivity index (χ2n) is 8.22. The predicted octanol–water partition coefficient (Wildman–Crippen LogP) is 3.43. The highest BCUT2D eigenvalue weighted by Crippen LogP contribution is 2.21. The quantitative estimate of drug-likeness (QED) is 0.770. The Kier molecular flexibility index (Phi) is 7.09. The smallest absolute Gasteiger partial charge is 0.315 e. The van der Waals surface area contributed by atoms with Crippen LogP contribution in [0.1, 0.15) is 39.2 Å². The van der Waals surface area contributed by atoms with Gasteiger partial charge in [-0.3, -0.25) is 4.90 Å². The number of urea groups is 1. The first-order chi connectivity index (χ1) is 13.5. The van der Waals surface area contributed by atoms with Crippen molar-refractivity contribution in [2.75, 3.05) is 19.6 Å². The van der Waals surface area contributed by atoms with E-state index in [-0.39, 0.29) is 6.03 Å². The van der Waals surface area contributed by atoms with E-state index in [2.05, 4.69) is 41.4 Å². The van der Waals surface area contributed by atoms with Gasteiger partial charge in [0.2, 0.25) is 0 Å². The van der Waals surface area contributed by atoms with Crippen molar-refractivity contribution in [3.05, 3.63) is 48.3 Å². The van der Waals surface area contributed by atoms with Gasteiger partial charge in [0.1, 0.15) is 0 Å². The standard InChI is InChI=1S/C22H33N5O/c1-17(2)21(26-11-9-18(3)10-12-26)15-24-22(28)23-13-19-14-25-27(16-19)20-7-5-4-6-8-20/h4-8,14,16-18,21H,9-13,15H2,1-3H3,(H2,23,24,28). The van der Waals surface area contributed by atoms with Crippen LogP contribution in [0.15, 0.2) is 42.7 Å². The lowest BCUT2D eigenvalue weighted by Gasteiger charge is -2.38. The highest BCUT2D eigenvalue weighted by molar-refractivity contribution is 5.73. The predicted molar refractivity (Wildman–Crippen MR) is 112 cm³/mol. The van der Waals surface area contributed by atoms with Crippen molar-refractivity contribution in [1.82, 2.24) is 25.3 Å². The molecule has 152 valence electrons. The van der Waals surface area contributed by atoms with Crippen LogP contribution < -0.4 is 10.6 Å². The summed E-state index contributed by atoms with van der Waals surface area (Å²) in [6.45, 7) is 10.2. The van der Waals surface area contributed by atoms with Gasteiger partial charge in [0, 0.05) is 30.9 Å². The fourth-order valence-electron chi connectivity index (χ4n) is 3.76. The Bertz CT molecular complexity index is 734. The Balaban J connectivity index is 1.45. The SMILES string of the molecule is CC1CCN(C(CNC(=O)NCc2cnn(-c3ccccc3)c2)C(C)C)CC1. The Morgan fingerprint density at radius 3 is 2.57 bits per heavy atom. The van der Waals surface area contributed by atoms with Crippen LogP contribution in [0.25, 0.3) is 5.69 Å². The molecule has 0 saturated carbocycles. The fraction of sp³-hybridized carbons (Fsp3) is 0.545. The molecule has 1 fully saturated rings. The summed E-state index contributed by atoms with van der Waals surface area (Å²) in [7, 11) is 0. The summed E-state index contributed by atoms with van der Waals surface area (Å²) in [5.41, 5.74) is 1.98. The molecule has 2 heterocycles. The van der Waals surface area contributed by atoms with Crippen molar-refractivity contribution in [2.24, 2.45) is 11.8 Å². The molecule has 6 heteroatoms. The molecule has 1 aromatic heterocycles. The van der Waals surface area contributed by atoms with E-state index in [0.717, 1.165) is 30.3 Å². The number of carbonyl (C=O) groups excluding carboxylic acids is 1. The number of hydrogen-bond acceptors (Lipinski definition) is 3. The van der Waals surface area contributed by atoms with Crippen molar-refractivity contribution in [1.29, 1.82) is 0 Å². The van der Waals surface area contributed by atoms with Gasteiger partial charge in [-0.05, 0) is 49.9 Å². The third kappa shape index (κ3) is 5.58. The number of rotatable bonds is 7. The average molecular weight is 384 g/mol. The monoisotopic (exact) mass is 383 g/mol. The molecule has 1 unspecified atom stereocenters. The van der Waals surface area contributed by atoms with Crippen LogP contribution in [0.2, 0.25) is 0 Å². The minimum Gasteiger partial charge on any atom is -0.337 e. The molecule has 1 saturated heterocycles. The molecule has 2 amide bonds. The molecular formula is C22H33N5O. The summed E-state index contributed by atoms with van der Waals surface area (Å²) in [5, 5.41) is 10.4. The van der Waals surface area contributed by atoms with Gasteiger partial charge in [-0.1, -0.05) is 39.0 Å². The Hall–Kier alpha value is -2.34. The molecule has 0 aliphatic carbocycles. The average Bonchev–Trinajstić information content (AvgIpc) is 3.17. The largest absolute Gasteiger partial charge is 0.337 e. The van der Waals surface area contributed by atoms with Crippen molar-refractivity contribution < 1.29 is 4.79 Å². The van der Waals surface area contributed by atoms with E-state index >= 15 is 0 Å². The molecule has 1 atom stereocenters. The highest BCUT2D eigenvalue weighted by Gasteiger charge is 2.25. The van der Waals surface area contributed by atoms with E-state index in [4.69, 9.17) is 0 Å². The van der Waals surface area contributed by atoms with Gasteiger partial charge >= 0.3 is 6.03 Å². The number of piperidine rings is 1. The Morgan fingerprint density at radius 2 is 1.89 bits per heavy atom. The second-order valence-corrected chi connectivity index (χ2v) is 8.22. The molecule has 1 aliphatic heterocycles. The molecule has 0 radical (unpaired) electrons. The number of para-hydroxylation sites is 1. The third-order valence-electron chi connectivity index (χ3n) is 5.64. The van der Waals surface area contributed by atoms with E-state index in [1.54, 1.807) is 6.20 Å². The zero-order chi connectivity index (χ0) is 19.9. The first kappa shape index (κ1) is 20.4. The lowest BCUT2D eigenvalue weighted by Crippen LogP contribution is -2.51. The number of likely N-dealkylation sites (tertiary alicyclic amines) is 1. The molecule has 3 rings (SSSR count). The van der Waals surface area contributed by atoms with Gasteiger partial charge in [-0.2, -0.15) is 5.10 Å². The number of nitrogens with zero attached hydrogens (tertiary/aromatic N) is 3. The molecule has 2 N–H and O–H groups in total. The van der Waals surface area contributed by atoms with E-state index in [0.29, 0.717) is 25.0 Å². The van der Waals surface area contributed by atoms with Gasteiger partial charge in [0.25, 0.3) is 0 Å². The number of carbonyl (C=O) groups is 1. The third-order valence-corrected chi connectivity index (χ3v) is 5.64. The van der Waals surface area contributed by atoms with Crippen LogP contribution in [0.4, 0.5) is 4.79 Å². The van der Waals surface area contributed by atoms with Gasteiger partial charge in [-0.25, -0.2) is 9.48 Å². The summed E-state index contributed by atoms with van der Waals surface area (Å²) in [6, 6.07) is 10.2. The van der Waals surface area contributed by atoms with Crippen LogP contribution in [0.5, 0.6) is 0 Å². The van der Waals surface area contributed by atoms with Crippen LogP contribution in [-0.2, 0) is 6.54 Å². The molecule has 0 bridgehead atoms. The minimum absolute atomic E-state index is 0.122. The summed E-state index contributed by atoms with van der Waals surface area (Å²) < 4.78 is 1.82. The summed E-state index contributed by atoms with van der Waals surface area (Å²) >= 11 is 0. The fourth-order valence-corrected chi connectivity index (χ4v) is 3.76. The van der Waals surface area contributed by atoms with E-state index < -0.39 is 0 Å². The van der Waals surface area contributed by atoms with Crippen molar-refractivity contribution >= 4 is 6.03 Å². The maximum absolute atomic E-state index is 12.3.